The first-order chi connectivity index (χ1) is 9.95. The van der Waals surface area contributed by atoms with Crippen LogP contribution in [-0.2, 0) is 13.1 Å². The third-order valence-corrected chi connectivity index (χ3v) is 3.86. The Hall–Kier alpha value is -1.80. The van der Waals surface area contributed by atoms with Gasteiger partial charge in [-0.1, -0.05) is 24.3 Å². The topological polar surface area (TPSA) is 15.3 Å². The summed E-state index contributed by atoms with van der Waals surface area (Å²) in [5, 5.41) is 3.54. The molecule has 0 saturated heterocycles. The lowest BCUT2D eigenvalue weighted by Crippen LogP contribution is -2.11. The van der Waals surface area contributed by atoms with Crippen molar-refractivity contribution in [3.8, 4) is 0 Å². The third-order valence-electron chi connectivity index (χ3n) is 3.86. The van der Waals surface area contributed by atoms with Crippen molar-refractivity contribution in [3.05, 3.63) is 64.2 Å². The van der Waals surface area contributed by atoms with Gasteiger partial charge in [0.2, 0.25) is 0 Å². The van der Waals surface area contributed by atoms with Crippen LogP contribution in [0.25, 0.3) is 0 Å². The third kappa shape index (κ3) is 4.33. The van der Waals surface area contributed by atoms with E-state index in [-0.39, 0.29) is 0 Å². The van der Waals surface area contributed by atoms with Crippen LogP contribution < -0.4 is 5.32 Å². The van der Waals surface area contributed by atoms with Gasteiger partial charge >= 0.3 is 0 Å². The second-order valence-electron chi connectivity index (χ2n) is 6.15. The zero-order valence-corrected chi connectivity index (χ0v) is 13.8. The van der Waals surface area contributed by atoms with Crippen LogP contribution >= 0.6 is 0 Å². The Balaban J connectivity index is 2.08. The predicted molar refractivity (Wildman–Crippen MR) is 91.8 cm³/mol. The number of hydrogen-bond donors (Lipinski definition) is 1. The molecule has 0 aromatic heterocycles. The highest BCUT2D eigenvalue weighted by Gasteiger charge is 2.03. The molecule has 21 heavy (non-hydrogen) atoms. The van der Waals surface area contributed by atoms with E-state index in [9.17, 15) is 0 Å². The number of nitrogens with zero attached hydrogens (tertiary/aromatic N) is 1. The molecule has 0 saturated carbocycles. The molecule has 2 aromatic rings. The highest BCUT2D eigenvalue weighted by molar-refractivity contribution is 5.47. The van der Waals surface area contributed by atoms with E-state index in [1.54, 1.807) is 0 Å². The average molecular weight is 282 g/mol. The fourth-order valence-electron chi connectivity index (χ4n) is 2.55. The molecule has 0 amide bonds. The molecule has 2 rings (SSSR count). The molecule has 2 nitrogen and oxygen atoms in total. The average Bonchev–Trinajstić information content (AvgIpc) is 2.41. The van der Waals surface area contributed by atoms with Gasteiger partial charge in [0, 0.05) is 18.8 Å². The number of hydrogen-bond acceptors (Lipinski definition) is 2. The smallest absolute Gasteiger partial charge is 0.0403 e. The fraction of sp³-hybridized carbons (Fsp3) is 0.368. The summed E-state index contributed by atoms with van der Waals surface area (Å²) in [6.45, 7) is 8.38. The van der Waals surface area contributed by atoms with Crippen molar-refractivity contribution in [3.63, 3.8) is 0 Å². The van der Waals surface area contributed by atoms with E-state index in [2.05, 4.69) is 81.5 Å². The van der Waals surface area contributed by atoms with E-state index in [0.29, 0.717) is 0 Å². The molecule has 0 spiro atoms. The van der Waals surface area contributed by atoms with E-state index < -0.39 is 0 Å². The van der Waals surface area contributed by atoms with E-state index >= 15 is 0 Å². The monoisotopic (exact) mass is 282 g/mol. The van der Waals surface area contributed by atoms with Gasteiger partial charge in [0.15, 0.2) is 0 Å². The zero-order chi connectivity index (χ0) is 15.4. The van der Waals surface area contributed by atoms with E-state index in [0.717, 1.165) is 13.1 Å². The van der Waals surface area contributed by atoms with Crippen LogP contribution in [0.2, 0.25) is 0 Å². The van der Waals surface area contributed by atoms with Crippen molar-refractivity contribution in [1.29, 1.82) is 0 Å². The quantitative estimate of drug-likeness (QED) is 0.880. The Morgan fingerprint density at radius 1 is 0.905 bits per heavy atom. The van der Waals surface area contributed by atoms with Gasteiger partial charge in [0.25, 0.3) is 0 Å². The van der Waals surface area contributed by atoms with Crippen molar-refractivity contribution in [2.75, 3.05) is 19.4 Å². The highest BCUT2D eigenvalue weighted by Crippen LogP contribution is 2.18. The van der Waals surface area contributed by atoms with Crippen molar-refractivity contribution >= 4 is 5.69 Å². The lowest BCUT2D eigenvalue weighted by Gasteiger charge is -2.14. The summed E-state index contributed by atoms with van der Waals surface area (Å²) in [6, 6.07) is 13.2. The van der Waals surface area contributed by atoms with Crippen molar-refractivity contribution in [1.82, 2.24) is 4.90 Å². The largest absolute Gasteiger partial charge is 0.381 e. The summed E-state index contributed by atoms with van der Waals surface area (Å²) in [5.41, 5.74) is 7.97. The number of rotatable bonds is 5. The van der Waals surface area contributed by atoms with Crippen LogP contribution in [0.5, 0.6) is 0 Å². The van der Waals surface area contributed by atoms with E-state index in [4.69, 9.17) is 0 Å². The summed E-state index contributed by atoms with van der Waals surface area (Å²) < 4.78 is 0. The lowest BCUT2D eigenvalue weighted by molar-refractivity contribution is 0.402. The van der Waals surface area contributed by atoms with Gasteiger partial charge in [-0.3, -0.25) is 0 Å². The molecular weight excluding hydrogens is 256 g/mol. The highest BCUT2D eigenvalue weighted by atomic mass is 15.0. The van der Waals surface area contributed by atoms with E-state index in [1.807, 2.05) is 0 Å². The molecule has 2 heteroatoms. The van der Waals surface area contributed by atoms with Crippen LogP contribution in [0, 0.1) is 20.8 Å². The maximum Gasteiger partial charge on any atom is 0.0403 e. The SMILES string of the molecule is Cc1cc(C)c(CNc2cccc(CN(C)C)c2)cc1C. The molecule has 1 N–H and O–H groups in total. The first-order valence-corrected chi connectivity index (χ1v) is 7.50. The number of anilines is 1. The maximum absolute atomic E-state index is 3.54. The number of benzene rings is 2. The van der Waals surface area contributed by atoms with Gasteiger partial charge in [0.05, 0.1) is 0 Å². The zero-order valence-electron chi connectivity index (χ0n) is 13.8. The first-order valence-electron chi connectivity index (χ1n) is 7.50. The molecule has 112 valence electrons. The Bertz CT molecular complexity index is 615. The molecule has 0 bridgehead atoms. The minimum atomic E-state index is 0.873. The molecule has 0 aliphatic heterocycles. The number of aryl methyl sites for hydroxylation is 3. The predicted octanol–water partition coefficient (Wildman–Crippen LogP) is 4.29. The van der Waals surface area contributed by atoms with Gasteiger partial charge in [-0.05, 0) is 74.8 Å². The molecule has 2 aromatic carbocycles. The Labute approximate surface area is 128 Å². The molecular formula is C19H26N2. The molecule has 0 radical (unpaired) electrons. The van der Waals surface area contributed by atoms with Crippen molar-refractivity contribution in [2.24, 2.45) is 0 Å². The van der Waals surface area contributed by atoms with E-state index in [1.165, 1.54) is 33.5 Å². The number of nitrogens with one attached hydrogen (secondary N) is 1. The molecule has 0 aliphatic rings. The van der Waals surface area contributed by atoms with Crippen LogP contribution in [0.15, 0.2) is 36.4 Å². The Morgan fingerprint density at radius 2 is 1.62 bits per heavy atom. The molecule has 0 unspecified atom stereocenters. The fourth-order valence-corrected chi connectivity index (χ4v) is 2.55. The van der Waals surface area contributed by atoms with Crippen LogP contribution in [0.4, 0.5) is 5.69 Å². The van der Waals surface area contributed by atoms with Crippen LogP contribution in [0.1, 0.15) is 27.8 Å². The summed E-state index contributed by atoms with van der Waals surface area (Å²) in [5.74, 6) is 0. The summed E-state index contributed by atoms with van der Waals surface area (Å²) in [7, 11) is 4.19. The molecule has 0 fully saturated rings. The minimum absolute atomic E-state index is 0.873. The van der Waals surface area contributed by atoms with Crippen molar-refractivity contribution < 1.29 is 0 Å². The van der Waals surface area contributed by atoms with Gasteiger partial charge in [-0.2, -0.15) is 0 Å². The van der Waals surface area contributed by atoms with Crippen LogP contribution in [0.3, 0.4) is 0 Å². The van der Waals surface area contributed by atoms with Gasteiger partial charge < -0.3 is 10.2 Å². The first kappa shape index (κ1) is 15.6. The minimum Gasteiger partial charge on any atom is -0.381 e. The van der Waals surface area contributed by atoms with Gasteiger partial charge in [-0.25, -0.2) is 0 Å². The van der Waals surface area contributed by atoms with Gasteiger partial charge in [-0.15, -0.1) is 0 Å². The summed E-state index contributed by atoms with van der Waals surface area (Å²) in [6.07, 6.45) is 0. The Morgan fingerprint density at radius 3 is 2.33 bits per heavy atom. The second-order valence-corrected chi connectivity index (χ2v) is 6.15. The maximum atomic E-state index is 3.54. The molecule has 0 aliphatic carbocycles. The second kappa shape index (κ2) is 6.77. The normalized spacial score (nSPS) is 11.0. The van der Waals surface area contributed by atoms with Crippen LogP contribution in [-0.4, -0.2) is 19.0 Å². The summed E-state index contributed by atoms with van der Waals surface area (Å²) in [4.78, 5) is 2.19. The summed E-state index contributed by atoms with van der Waals surface area (Å²) >= 11 is 0. The van der Waals surface area contributed by atoms with Crippen molar-refractivity contribution in [2.45, 2.75) is 33.9 Å². The van der Waals surface area contributed by atoms with Gasteiger partial charge in [0.1, 0.15) is 0 Å². The lowest BCUT2D eigenvalue weighted by atomic mass is 10.0. The molecule has 0 heterocycles. The standard InChI is InChI=1S/C19H26N2/c1-14-9-16(3)18(10-15(14)2)12-20-19-8-6-7-17(11-19)13-21(4)5/h6-11,20H,12-13H2,1-5H3. The Kier molecular flexibility index (Phi) is 5.03. The molecule has 0 atom stereocenters.